The van der Waals surface area contributed by atoms with Crippen LogP contribution >= 0.6 is 0 Å². The summed E-state index contributed by atoms with van der Waals surface area (Å²) in [6.07, 6.45) is 4.18. The molecule has 0 saturated carbocycles. The molecule has 0 aliphatic heterocycles. The van der Waals surface area contributed by atoms with Crippen LogP contribution in [0.3, 0.4) is 0 Å². The lowest BCUT2D eigenvalue weighted by molar-refractivity contribution is -0.144. The normalized spacial score (nSPS) is 11.3. The quantitative estimate of drug-likeness (QED) is 0.318. The molecule has 21 heavy (non-hydrogen) atoms. The average Bonchev–Trinajstić information content (AvgIpc) is 2.47. The molecule has 2 N–H and O–H groups in total. The summed E-state index contributed by atoms with van der Waals surface area (Å²) in [5.41, 5.74) is 1.13. The van der Waals surface area contributed by atoms with Crippen molar-refractivity contribution >= 4 is 11.9 Å². The summed E-state index contributed by atoms with van der Waals surface area (Å²) < 4.78 is 10.2. The molecule has 0 aromatic heterocycles. The maximum absolute atomic E-state index is 11.3. The fourth-order valence-corrected chi connectivity index (χ4v) is 1.50. The molecule has 0 amide bonds. The summed E-state index contributed by atoms with van der Waals surface area (Å²) in [5.74, 6) is -0.371. The van der Waals surface area contributed by atoms with E-state index in [4.69, 9.17) is 9.47 Å². The molecule has 0 fully saturated rings. The highest BCUT2D eigenvalue weighted by Gasteiger charge is 2.02. The van der Waals surface area contributed by atoms with E-state index in [1.807, 2.05) is 13.0 Å². The molecule has 0 unspecified atom stereocenters. The molecule has 0 rings (SSSR count). The number of carbonyl (C=O) groups excluding carboxylic acids is 2. The van der Waals surface area contributed by atoms with Gasteiger partial charge >= 0.3 is 11.9 Å². The highest BCUT2D eigenvalue weighted by atomic mass is 16.5. The van der Waals surface area contributed by atoms with Gasteiger partial charge in [0.25, 0.3) is 0 Å². The number of hydrogen-bond acceptors (Lipinski definition) is 6. The standard InChI is InChI=1S/C15H28N2O4/c1-13(8-12-21-15(19)7-10-17-3)5-4-11-20-14(18)6-9-16-2/h5,16-17H,4,6-12H2,1-3H3/b13-5-. The summed E-state index contributed by atoms with van der Waals surface area (Å²) in [6.45, 7) is 4.03. The van der Waals surface area contributed by atoms with E-state index in [9.17, 15) is 9.59 Å². The van der Waals surface area contributed by atoms with Gasteiger partial charge in [0.05, 0.1) is 26.1 Å². The van der Waals surface area contributed by atoms with E-state index in [0.717, 1.165) is 5.57 Å². The minimum absolute atomic E-state index is 0.185. The van der Waals surface area contributed by atoms with Gasteiger partial charge in [0.1, 0.15) is 0 Å². The zero-order chi connectivity index (χ0) is 15.9. The number of rotatable bonds is 12. The molecule has 0 heterocycles. The number of carbonyl (C=O) groups is 2. The first-order chi connectivity index (χ1) is 10.1. The van der Waals surface area contributed by atoms with Crippen LogP contribution in [0.15, 0.2) is 11.6 Å². The van der Waals surface area contributed by atoms with E-state index in [1.165, 1.54) is 0 Å². The maximum atomic E-state index is 11.3. The van der Waals surface area contributed by atoms with Gasteiger partial charge in [0, 0.05) is 19.5 Å². The Balaban J connectivity index is 3.60. The SMILES string of the molecule is CNCCC(=O)OCC/C=C(/C)CCOC(=O)CCNC. The summed E-state index contributed by atoms with van der Waals surface area (Å²) >= 11 is 0. The second-order valence-corrected chi connectivity index (χ2v) is 4.74. The first-order valence-electron chi connectivity index (χ1n) is 7.36. The van der Waals surface area contributed by atoms with Crippen LogP contribution in [-0.2, 0) is 19.1 Å². The number of ether oxygens (including phenoxy) is 2. The van der Waals surface area contributed by atoms with Gasteiger partial charge in [-0.2, -0.15) is 0 Å². The first-order valence-corrected chi connectivity index (χ1v) is 7.36. The van der Waals surface area contributed by atoms with Crippen molar-refractivity contribution < 1.29 is 19.1 Å². The molecule has 122 valence electrons. The van der Waals surface area contributed by atoms with Crippen LogP contribution in [0, 0.1) is 0 Å². The summed E-state index contributed by atoms with van der Waals surface area (Å²) in [4.78, 5) is 22.5. The molecule has 0 spiro atoms. The number of hydrogen-bond donors (Lipinski definition) is 2. The molecule has 0 aromatic carbocycles. The monoisotopic (exact) mass is 300 g/mol. The Bertz CT molecular complexity index is 330. The van der Waals surface area contributed by atoms with Crippen molar-refractivity contribution in [3.8, 4) is 0 Å². The second kappa shape index (κ2) is 13.6. The van der Waals surface area contributed by atoms with E-state index >= 15 is 0 Å². The lowest BCUT2D eigenvalue weighted by Crippen LogP contribution is -2.15. The zero-order valence-corrected chi connectivity index (χ0v) is 13.4. The highest BCUT2D eigenvalue weighted by molar-refractivity contribution is 5.69. The third-order valence-electron chi connectivity index (χ3n) is 2.79. The lowest BCUT2D eigenvalue weighted by atomic mass is 10.2. The van der Waals surface area contributed by atoms with E-state index in [1.54, 1.807) is 14.1 Å². The summed E-state index contributed by atoms with van der Waals surface area (Å²) in [7, 11) is 3.59. The van der Waals surface area contributed by atoms with Gasteiger partial charge in [0.15, 0.2) is 0 Å². The molecule has 0 aliphatic rings. The van der Waals surface area contributed by atoms with Crippen LogP contribution in [0.2, 0.25) is 0 Å². The van der Waals surface area contributed by atoms with E-state index < -0.39 is 0 Å². The molecule has 6 heteroatoms. The van der Waals surface area contributed by atoms with Crippen LogP contribution in [-0.4, -0.2) is 52.3 Å². The first kappa shape index (κ1) is 19.6. The molecule has 0 bridgehead atoms. The molecular weight excluding hydrogens is 272 g/mol. The fourth-order valence-electron chi connectivity index (χ4n) is 1.50. The molecule has 0 radical (unpaired) electrons. The second-order valence-electron chi connectivity index (χ2n) is 4.74. The van der Waals surface area contributed by atoms with Crippen molar-refractivity contribution in [3.05, 3.63) is 11.6 Å². The Hall–Kier alpha value is -1.40. The van der Waals surface area contributed by atoms with Crippen LogP contribution in [0.4, 0.5) is 0 Å². The topological polar surface area (TPSA) is 76.7 Å². The van der Waals surface area contributed by atoms with Crippen molar-refractivity contribution in [2.75, 3.05) is 40.4 Å². The van der Waals surface area contributed by atoms with Gasteiger partial charge < -0.3 is 20.1 Å². The van der Waals surface area contributed by atoms with Crippen molar-refractivity contribution in [1.82, 2.24) is 10.6 Å². The Morgan fingerprint density at radius 3 is 1.95 bits per heavy atom. The van der Waals surface area contributed by atoms with Gasteiger partial charge in [-0.1, -0.05) is 11.6 Å². The Morgan fingerprint density at radius 1 is 0.905 bits per heavy atom. The van der Waals surface area contributed by atoms with Gasteiger partial charge in [-0.3, -0.25) is 9.59 Å². The predicted octanol–water partition coefficient (Wildman–Crippen LogP) is 1.02. The maximum Gasteiger partial charge on any atom is 0.307 e. The predicted molar refractivity (Wildman–Crippen MR) is 82.0 cm³/mol. The third kappa shape index (κ3) is 13.3. The number of nitrogens with one attached hydrogen (secondary N) is 2. The number of esters is 2. The van der Waals surface area contributed by atoms with Crippen molar-refractivity contribution in [2.45, 2.75) is 32.6 Å². The molecule has 0 atom stereocenters. The Kier molecular flexibility index (Phi) is 12.7. The van der Waals surface area contributed by atoms with Crippen LogP contribution in [0.25, 0.3) is 0 Å². The average molecular weight is 300 g/mol. The Morgan fingerprint density at radius 2 is 1.43 bits per heavy atom. The van der Waals surface area contributed by atoms with Crippen molar-refractivity contribution in [2.24, 2.45) is 0 Å². The molecular formula is C15H28N2O4. The van der Waals surface area contributed by atoms with Crippen LogP contribution < -0.4 is 10.6 Å². The highest BCUT2D eigenvalue weighted by Crippen LogP contribution is 2.03. The van der Waals surface area contributed by atoms with E-state index in [0.29, 0.717) is 52.0 Å². The molecule has 0 aromatic rings. The Labute approximate surface area is 127 Å². The minimum Gasteiger partial charge on any atom is -0.465 e. The zero-order valence-electron chi connectivity index (χ0n) is 13.4. The smallest absolute Gasteiger partial charge is 0.307 e. The fraction of sp³-hybridized carbons (Fsp3) is 0.733. The summed E-state index contributed by atoms with van der Waals surface area (Å²) in [5, 5.41) is 5.79. The van der Waals surface area contributed by atoms with Gasteiger partial charge in [-0.25, -0.2) is 0 Å². The van der Waals surface area contributed by atoms with Crippen molar-refractivity contribution in [3.63, 3.8) is 0 Å². The third-order valence-corrected chi connectivity index (χ3v) is 2.79. The molecule has 6 nitrogen and oxygen atoms in total. The lowest BCUT2D eigenvalue weighted by Gasteiger charge is -2.06. The van der Waals surface area contributed by atoms with E-state index in [-0.39, 0.29) is 11.9 Å². The van der Waals surface area contributed by atoms with Gasteiger partial charge in [-0.05, 0) is 27.4 Å². The molecule has 0 aliphatic carbocycles. The van der Waals surface area contributed by atoms with Crippen LogP contribution in [0.1, 0.15) is 32.6 Å². The molecule has 0 saturated heterocycles. The van der Waals surface area contributed by atoms with Crippen molar-refractivity contribution in [1.29, 1.82) is 0 Å². The summed E-state index contributed by atoms with van der Waals surface area (Å²) in [6, 6.07) is 0. The van der Waals surface area contributed by atoms with Gasteiger partial charge in [0.2, 0.25) is 0 Å². The van der Waals surface area contributed by atoms with Gasteiger partial charge in [-0.15, -0.1) is 0 Å². The minimum atomic E-state index is -0.186. The largest absolute Gasteiger partial charge is 0.465 e. The van der Waals surface area contributed by atoms with Crippen LogP contribution in [0.5, 0.6) is 0 Å². The van der Waals surface area contributed by atoms with E-state index in [2.05, 4.69) is 10.6 Å².